The lowest BCUT2D eigenvalue weighted by Crippen LogP contribution is -2.22. The third-order valence-corrected chi connectivity index (χ3v) is 4.63. The van der Waals surface area contributed by atoms with E-state index in [1.807, 2.05) is 19.1 Å². The molecule has 0 amide bonds. The maximum absolute atomic E-state index is 6.33. The predicted molar refractivity (Wildman–Crippen MR) is 85.4 cm³/mol. The fraction of sp³-hybridized carbons (Fsp3) is 0.533. The molecule has 0 spiro atoms. The molecule has 2 heterocycles. The van der Waals surface area contributed by atoms with E-state index in [4.69, 9.17) is 21.3 Å². The highest BCUT2D eigenvalue weighted by molar-refractivity contribution is 9.10. The van der Waals surface area contributed by atoms with Crippen LogP contribution in [0.15, 0.2) is 22.7 Å². The average Bonchev–Trinajstić information content (AvgIpc) is 3.04. The van der Waals surface area contributed by atoms with Gasteiger partial charge in [-0.2, -0.15) is 0 Å². The summed E-state index contributed by atoms with van der Waals surface area (Å²) in [6, 6.07) is 6.39. The van der Waals surface area contributed by atoms with E-state index in [1.54, 1.807) is 0 Å². The third-order valence-electron chi connectivity index (χ3n) is 3.94. The summed E-state index contributed by atoms with van der Waals surface area (Å²) in [4.78, 5) is 4.70. The van der Waals surface area contributed by atoms with Crippen LogP contribution < -0.4 is 0 Å². The maximum atomic E-state index is 6.33. The molecule has 1 aliphatic heterocycles. The molecule has 1 saturated heterocycles. The molecule has 0 bridgehead atoms. The molecule has 3 atom stereocenters. The predicted octanol–water partition coefficient (Wildman–Crippen LogP) is 4.84. The lowest BCUT2D eigenvalue weighted by atomic mass is 10.1. The zero-order valence-corrected chi connectivity index (χ0v) is 14.0. The van der Waals surface area contributed by atoms with E-state index in [1.165, 1.54) is 0 Å². The molecule has 3 rings (SSSR count). The van der Waals surface area contributed by atoms with Crippen LogP contribution in [0.4, 0.5) is 0 Å². The molecular formula is C15H18BrClN2O. The summed E-state index contributed by atoms with van der Waals surface area (Å²) in [5, 5.41) is -0.120. The molecule has 5 heteroatoms. The van der Waals surface area contributed by atoms with Crippen LogP contribution in [0.25, 0.3) is 11.0 Å². The number of rotatable bonds is 3. The highest BCUT2D eigenvalue weighted by atomic mass is 79.9. The number of halogens is 2. The van der Waals surface area contributed by atoms with Crippen molar-refractivity contribution < 1.29 is 4.74 Å². The first-order chi connectivity index (χ1) is 9.58. The van der Waals surface area contributed by atoms with Crippen molar-refractivity contribution in [1.29, 1.82) is 0 Å². The molecule has 1 fully saturated rings. The Labute approximate surface area is 132 Å². The fourth-order valence-electron chi connectivity index (χ4n) is 2.94. The molecule has 0 N–H and O–H groups in total. The van der Waals surface area contributed by atoms with Crippen LogP contribution in [0.1, 0.15) is 43.9 Å². The standard InChI is InChI=1S/C15H18BrClN2O/c1-9(17)15-18-12-6-5-11(16)8-13(12)19(15)10(2)14-4-3-7-20-14/h5-6,8-10,14H,3-4,7H2,1-2H3. The van der Waals surface area contributed by atoms with Gasteiger partial charge in [0, 0.05) is 11.1 Å². The van der Waals surface area contributed by atoms with Crippen molar-refractivity contribution in [3.8, 4) is 0 Å². The summed E-state index contributed by atoms with van der Waals surface area (Å²) in [6.07, 6.45) is 2.49. The molecule has 1 aliphatic rings. The Balaban J connectivity index is 2.14. The van der Waals surface area contributed by atoms with Crippen molar-refractivity contribution in [3.05, 3.63) is 28.5 Å². The van der Waals surface area contributed by atoms with Gasteiger partial charge < -0.3 is 9.30 Å². The molecule has 2 aromatic rings. The van der Waals surface area contributed by atoms with Crippen LogP contribution in [0.3, 0.4) is 0 Å². The number of alkyl halides is 1. The van der Waals surface area contributed by atoms with Gasteiger partial charge in [0.15, 0.2) is 0 Å². The lowest BCUT2D eigenvalue weighted by molar-refractivity contribution is 0.0736. The van der Waals surface area contributed by atoms with Gasteiger partial charge in [-0.1, -0.05) is 15.9 Å². The molecule has 20 heavy (non-hydrogen) atoms. The highest BCUT2D eigenvalue weighted by Crippen LogP contribution is 2.33. The first-order valence-electron chi connectivity index (χ1n) is 7.01. The Morgan fingerprint density at radius 2 is 2.25 bits per heavy atom. The van der Waals surface area contributed by atoms with Gasteiger partial charge in [0.1, 0.15) is 5.82 Å². The van der Waals surface area contributed by atoms with Crippen molar-refractivity contribution in [2.24, 2.45) is 0 Å². The average molecular weight is 358 g/mol. The monoisotopic (exact) mass is 356 g/mol. The molecule has 0 saturated carbocycles. The van der Waals surface area contributed by atoms with E-state index in [2.05, 4.69) is 33.5 Å². The number of hydrogen-bond donors (Lipinski definition) is 0. The molecule has 108 valence electrons. The molecule has 3 nitrogen and oxygen atoms in total. The van der Waals surface area contributed by atoms with Crippen LogP contribution in [0, 0.1) is 0 Å². The lowest BCUT2D eigenvalue weighted by Gasteiger charge is -2.23. The van der Waals surface area contributed by atoms with Gasteiger partial charge in [0.05, 0.1) is 28.6 Å². The maximum Gasteiger partial charge on any atom is 0.128 e. The smallest absolute Gasteiger partial charge is 0.128 e. The molecule has 0 aliphatic carbocycles. The number of ether oxygens (including phenoxy) is 1. The Hall–Kier alpha value is -0.580. The quantitative estimate of drug-likeness (QED) is 0.735. The van der Waals surface area contributed by atoms with Crippen molar-refractivity contribution in [3.63, 3.8) is 0 Å². The van der Waals surface area contributed by atoms with Gasteiger partial charge in [0.25, 0.3) is 0 Å². The number of hydrogen-bond acceptors (Lipinski definition) is 2. The van der Waals surface area contributed by atoms with Crippen LogP contribution in [-0.4, -0.2) is 22.3 Å². The molecule has 1 aromatic heterocycles. The Kier molecular flexibility index (Phi) is 4.07. The van der Waals surface area contributed by atoms with E-state index in [0.29, 0.717) is 0 Å². The van der Waals surface area contributed by atoms with Gasteiger partial charge in [-0.05, 0) is 44.9 Å². The van der Waals surface area contributed by atoms with Gasteiger partial charge in [-0.15, -0.1) is 11.6 Å². The summed E-state index contributed by atoms with van der Waals surface area (Å²) >= 11 is 9.87. The van der Waals surface area contributed by atoms with Gasteiger partial charge >= 0.3 is 0 Å². The van der Waals surface area contributed by atoms with Gasteiger partial charge in [0.2, 0.25) is 0 Å². The van der Waals surface area contributed by atoms with Gasteiger partial charge in [-0.3, -0.25) is 0 Å². The SMILES string of the molecule is CC(Cl)c1nc2ccc(Br)cc2n1C(C)C1CCCO1. The van der Waals surface area contributed by atoms with Crippen LogP contribution in [0.2, 0.25) is 0 Å². The molecular weight excluding hydrogens is 340 g/mol. The second-order valence-corrected chi connectivity index (χ2v) is 6.95. The highest BCUT2D eigenvalue weighted by Gasteiger charge is 2.28. The molecule has 0 radical (unpaired) electrons. The second-order valence-electron chi connectivity index (χ2n) is 5.38. The van der Waals surface area contributed by atoms with Gasteiger partial charge in [-0.25, -0.2) is 4.98 Å². The number of imidazole rings is 1. The van der Waals surface area contributed by atoms with E-state index in [-0.39, 0.29) is 17.5 Å². The minimum Gasteiger partial charge on any atom is -0.376 e. The number of nitrogens with zero attached hydrogens (tertiary/aromatic N) is 2. The first kappa shape index (κ1) is 14.4. The topological polar surface area (TPSA) is 27.1 Å². The van der Waals surface area contributed by atoms with Crippen molar-refractivity contribution in [1.82, 2.24) is 9.55 Å². The van der Waals surface area contributed by atoms with Crippen LogP contribution >= 0.6 is 27.5 Å². The normalized spacial score (nSPS) is 22.3. The first-order valence-corrected chi connectivity index (χ1v) is 8.24. The zero-order valence-electron chi connectivity index (χ0n) is 11.6. The Morgan fingerprint density at radius 1 is 1.45 bits per heavy atom. The van der Waals surface area contributed by atoms with Crippen molar-refractivity contribution in [2.45, 2.75) is 44.2 Å². The third kappa shape index (κ3) is 2.49. The zero-order chi connectivity index (χ0) is 14.3. The summed E-state index contributed by atoms with van der Waals surface area (Å²) < 4.78 is 9.15. The van der Waals surface area contributed by atoms with E-state index in [0.717, 1.165) is 40.8 Å². The Morgan fingerprint density at radius 3 is 2.90 bits per heavy atom. The number of aromatic nitrogens is 2. The fourth-order valence-corrected chi connectivity index (χ4v) is 3.45. The van der Waals surface area contributed by atoms with Crippen LogP contribution in [0.5, 0.6) is 0 Å². The molecule has 1 aromatic carbocycles. The minimum absolute atomic E-state index is 0.120. The summed E-state index contributed by atoms with van der Waals surface area (Å²) in [5.41, 5.74) is 2.10. The van der Waals surface area contributed by atoms with E-state index in [9.17, 15) is 0 Å². The second kappa shape index (κ2) is 5.66. The van der Waals surface area contributed by atoms with Crippen molar-refractivity contribution >= 4 is 38.6 Å². The number of benzene rings is 1. The van der Waals surface area contributed by atoms with E-state index < -0.39 is 0 Å². The van der Waals surface area contributed by atoms with Crippen molar-refractivity contribution in [2.75, 3.05) is 6.61 Å². The molecule has 3 unspecified atom stereocenters. The minimum atomic E-state index is -0.120. The summed E-state index contributed by atoms with van der Waals surface area (Å²) in [6.45, 7) is 5.02. The summed E-state index contributed by atoms with van der Waals surface area (Å²) in [5.74, 6) is 0.919. The van der Waals surface area contributed by atoms with Crippen LogP contribution in [-0.2, 0) is 4.74 Å². The van der Waals surface area contributed by atoms with E-state index >= 15 is 0 Å². The Bertz CT molecular complexity index is 620. The largest absolute Gasteiger partial charge is 0.376 e. The summed E-state index contributed by atoms with van der Waals surface area (Å²) in [7, 11) is 0. The number of fused-ring (bicyclic) bond motifs is 1.